The molecule has 0 amide bonds. The van der Waals surface area contributed by atoms with Crippen LogP contribution in [0.1, 0.15) is 11.3 Å². The fourth-order valence-electron chi connectivity index (χ4n) is 1.52. The molecular weight excluding hydrogens is 295 g/mol. The Morgan fingerprint density at radius 1 is 1.00 bits per heavy atom. The van der Waals surface area contributed by atoms with E-state index in [4.69, 9.17) is 5.26 Å². The van der Waals surface area contributed by atoms with Crippen molar-refractivity contribution in [3.63, 3.8) is 0 Å². The van der Waals surface area contributed by atoms with Crippen LogP contribution in [0.3, 0.4) is 0 Å². The second-order valence-corrected chi connectivity index (χ2v) is 3.81. The number of ether oxygens (including phenoxy) is 1. The zero-order valence-electron chi connectivity index (χ0n) is 10.1. The predicted molar refractivity (Wildman–Crippen MR) is 59.5 cm³/mol. The fraction of sp³-hybridized carbons (Fsp3) is 0.0769. The van der Waals surface area contributed by atoms with Gasteiger partial charge in [0.2, 0.25) is 29.1 Å². The van der Waals surface area contributed by atoms with Crippen LogP contribution in [-0.2, 0) is 6.61 Å². The van der Waals surface area contributed by atoms with Gasteiger partial charge in [-0.15, -0.1) is 0 Å². The summed E-state index contributed by atoms with van der Waals surface area (Å²) in [4.78, 5) is 3.67. The van der Waals surface area contributed by atoms with Crippen molar-refractivity contribution in [2.45, 2.75) is 6.61 Å². The lowest BCUT2D eigenvalue weighted by atomic mass is 10.2. The highest BCUT2D eigenvalue weighted by Crippen LogP contribution is 2.29. The van der Waals surface area contributed by atoms with Crippen molar-refractivity contribution in [3.8, 4) is 11.8 Å². The molecule has 1 aromatic carbocycles. The minimum Gasteiger partial charge on any atom is -0.483 e. The normalized spacial score (nSPS) is 10.3. The highest BCUT2D eigenvalue weighted by atomic mass is 19.2. The molecule has 2 aromatic rings. The maximum Gasteiger partial charge on any atom is 0.207 e. The van der Waals surface area contributed by atoms with Gasteiger partial charge in [-0.3, -0.25) is 0 Å². The van der Waals surface area contributed by atoms with Gasteiger partial charge in [0, 0.05) is 11.8 Å². The van der Waals surface area contributed by atoms with Crippen molar-refractivity contribution >= 4 is 0 Å². The van der Waals surface area contributed by atoms with Crippen LogP contribution in [0, 0.1) is 40.4 Å². The molecule has 0 aliphatic heterocycles. The third-order valence-electron chi connectivity index (χ3n) is 2.54. The van der Waals surface area contributed by atoms with Crippen LogP contribution in [-0.4, -0.2) is 4.98 Å². The summed E-state index contributed by atoms with van der Waals surface area (Å²) in [5.41, 5.74) is 0.0605. The lowest BCUT2D eigenvalue weighted by molar-refractivity contribution is 0.253. The van der Waals surface area contributed by atoms with Crippen LogP contribution in [0.15, 0.2) is 18.3 Å². The van der Waals surface area contributed by atoms with Gasteiger partial charge in [0.05, 0.1) is 0 Å². The summed E-state index contributed by atoms with van der Waals surface area (Å²) < 4.78 is 70.1. The number of aromatic nitrogens is 1. The first-order valence-electron chi connectivity index (χ1n) is 5.45. The number of nitriles is 1. The van der Waals surface area contributed by atoms with Crippen LogP contribution in [0.25, 0.3) is 0 Å². The quantitative estimate of drug-likeness (QED) is 0.496. The predicted octanol–water partition coefficient (Wildman–Crippen LogP) is 3.23. The van der Waals surface area contributed by atoms with E-state index in [-0.39, 0.29) is 11.3 Å². The Labute approximate surface area is 115 Å². The van der Waals surface area contributed by atoms with Crippen molar-refractivity contribution in [1.29, 1.82) is 5.26 Å². The molecule has 1 heterocycles. The van der Waals surface area contributed by atoms with E-state index in [2.05, 4.69) is 9.72 Å². The highest BCUT2D eigenvalue weighted by molar-refractivity contribution is 5.33. The summed E-state index contributed by atoms with van der Waals surface area (Å²) in [6.07, 6.45) is 1.31. The molecule has 0 aliphatic carbocycles. The molecule has 1 aromatic heterocycles. The molecule has 0 atom stereocenters. The van der Waals surface area contributed by atoms with Crippen LogP contribution in [0.5, 0.6) is 5.75 Å². The zero-order chi connectivity index (χ0) is 15.6. The molecule has 0 saturated carbocycles. The Hall–Kier alpha value is -2.69. The van der Waals surface area contributed by atoms with E-state index in [1.165, 1.54) is 18.3 Å². The van der Waals surface area contributed by atoms with Crippen LogP contribution >= 0.6 is 0 Å². The van der Waals surface area contributed by atoms with E-state index < -0.39 is 41.4 Å². The first-order valence-corrected chi connectivity index (χ1v) is 5.45. The van der Waals surface area contributed by atoms with Gasteiger partial charge >= 0.3 is 0 Å². The smallest absolute Gasteiger partial charge is 0.207 e. The topological polar surface area (TPSA) is 45.9 Å². The van der Waals surface area contributed by atoms with Gasteiger partial charge in [-0.05, 0) is 6.07 Å². The molecule has 2 rings (SSSR count). The summed E-state index contributed by atoms with van der Waals surface area (Å²) in [5.74, 6) is -12.0. The van der Waals surface area contributed by atoms with Gasteiger partial charge in [0.25, 0.3) is 0 Å². The molecule has 0 aliphatic rings. The minimum atomic E-state index is -2.27. The second-order valence-electron chi connectivity index (χ2n) is 3.81. The standard InChI is InChI=1S/C13H5F5N2O/c14-8-9(15)11(17)13(12(18)10(8)16)21-5-6-2-1-3-20-7(6)4-19/h1-3H,5H2. The van der Waals surface area contributed by atoms with Gasteiger partial charge in [-0.1, -0.05) is 6.07 Å². The molecule has 0 fully saturated rings. The van der Waals surface area contributed by atoms with Crippen LogP contribution in [0.2, 0.25) is 0 Å². The Morgan fingerprint density at radius 3 is 2.14 bits per heavy atom. The third kappa shape index (κ3) is 2.63. The Kier molecular flexibility index (Phi) is 4.03. The van der Waals surface area contributed by atoms with Crippen molar-refractivity contribution in [2.24, 2.45) is 0 Å². The number of hydrogen-bond acceptors (Lipinski definition) is 3. The number of benzene rings is 1. The average Bonchev–Trinajstić information content (AvgIpc) is 2.51. The van der Waals surface area contributed by atoms with Crippen LogP contribution < -0.4 is 4.74 Å². The lowest BCUT2D eigenvalue weighted by Gasteiger charge is -2.10. The average molecular weight is 300 g/mol. The molecule has 0 N–H and O–H groups in total. The van der Waals surface area contributed by atoms with Crippen molar-refractivity contribution in [2.75, 3.05) is 0 Å². The molecule has 3 nitrogen and oxygen atoms in total. The molecule has 108 valence electrons. The van der Waals surface area contributed by atoms with E-state index >= 15 is 0 Å². The first-order chi connectivity index (χ1) is 9.97. The molecule has 8 heteroatoms. The maximum absolute atomic E-state index is 13.4. The molecule has 0 unspecified atom stereocenters. The first kappa shape index (κ1) is 14.7. The summed E-state index contributed by atoms with van der Waals surface area (Å²) in [6.45, 7) is -0.574. The summed E-state index contributed by atoms with van der Waals surface area (Å²) in [5, 5.41) is 8.76. The zero-order valence-corrected chi connectivity index (χ0v) is 10.1. The third-order valence-corrected chi connectivity index (χ3v) is 2.54. The van der Waals surface area contributed by atoms with Gasteiger partial charge in [0.1, 0.15) is 18.4 Å². The Morgan fingerprint density at radius 2 is 1.57 bits per heavy atom. The molecule has 0 saturated heterocycles. The largest absolute Gasteiger partial charge is 0.483 e. The maximum atomic E-state index is 13.4. The summed E-state index contributed by atoms with van der Waals surface area (Å²) in [6, 6.07) is 4.51. The van der Waals surface area contributed by atoms with E-state index in [1.54, 1.807) is 6.07 Å². The minimum absolute atomic E-state index is 0.0821. The number of hydrogen-bond donors (Lipinski definition) is 0. The molecule has 21 heavy (non-hydrogen) atoms. The monoisotopic (exact) mass is 300 g/mol. The van der Waals surface area contributed by atoms with E-state index in [1.807, 2.05) is 0 Å². The van der Waals surface area contributed by atoms with Gasteiger partial charge < -0.3 is 4.74 Å². The molecular formula is C13H5F5N2O. The number of nitrogens with zero attached hydrogens (tertiary/aromatic N) is 2. The number of pyridine rings is 1. The van der Waals surface area contributed by atoms with Crippen molar-refractivity contribution in [3.05, 3.63) is 58.7 Å². The lowest BCUT2D eigenvalue weighted by Crippen LogP contribution is -2.08. The van der Waals surface area contributed by atoms with E-state index in [9.17, 15) is 22.0 Å². The molecule has 0 radical (unpaired) electrons. The SMILES string of the molecule is N#Cc1ncccc1COc1c(F)c(F)c(F)c(F)c1F. The van der Waals surface area contributed by atoms with Gasteiger partial charge in [0.15, 0.2) is 5.75 Å². The molecule has 0 bridgehead atoms. The van der Waals surface area contributed by atoms with Crippen molar-refractivity contribution in [1.82, 2.24) is 4.98 Å². The Bertz CT molecular complexity index is 713. The summed E-state index contributed by atoms with van der Waals surface area (Å²) in [7, 11) is 0. The number of halogens is 5. The highest BCUT2D eigenvalue weighted by Gasteiger charge is 2.27. The van der Waals surface area contributed by atoms with Gasteiger partial charge in [-0.2, -0.15) is 14.0 Å². The van der Waals surface area contributed by atoms with Crippen molar-refractivity contribution < 1.29 is 26.7 Å². The van der Waals surface area contributed by atoms with E-state index in [0.29, 0.717) is 0 Å². The molecule has 0 spiro atoms. The summed E-state index contributed by atoms with van der Waals surface area (Å²) >= 11 is 0. The number of rotatable bonds is 3. The fourth-order valence-corrected chi connectivity index (χ4v) is 1.52. The Balaban J connectivity index is 2.36. The second kappa shape index (κ2) is 5.75. The van der Waals surface area contributed by atoms with E-state index in [0.717, 1.165) is 0 Å². The van der Waals surface area contributed by atoms with Crippen LogP contribution in [0.4, 0.5) is 22.0 Å². The van der Waals surface area contributed by atoms with Gasteiger partial charge in [-0.25, -0.2) is 18.2 Å².